The minimum atomic E-state index is -0.581. The molecule has 0 heterocycles. The van der Waals surface area contributed by atoms with E-state index in [0.29, 0.717) is 18.8 Å². The van der Waals surface area contributed by atoms with Gasteiger partial charge in [0, 0.05) is 37.6 Å². The van der Waals surface area contributed by atoms with Crippen LogP contribution in [0.4, 0.5) is 11.4 Å². The summed E-state index contributed by atoms with van der Waals surface area (Å²) in [6.07, 6.45) is 0. The van der Waals surface area contributed by atoms with E-state index in [1.54, 1.807) is 0 Å². The fraction of sp³-hybridized carbons (Fsp3) is 0.529. The highest BCUT2D eigenvalue weighted by molar-refractivity contribution is 6.39. The molecule has 0 radical (unpaired) electrons. The number of aryl methyl sites for hydroxylation is 1. The number of carbonyl (C=O) groups is 2. The Labute approximate surface area is 133 Å². The van der Waals surface area contributed by atoms with E-state index >= 15 is 0 Å². The molecule has 0 aliphatic carbocycles. The van der Waals surface area contributed by atoms with Gasteiger partial charge in [0.15, 0.2) is 0 Å². The molecule has 2 amide bonds. The zero-order valence-corrected chi connectivity index (χ0v) is 14.3. The number of hydrogen-bond donors (Lipinski definition) is 1. The lowest BCUT2D eigenvalue weighted by Crippen LogP contribution is -2.39. The molecule has 1 N–H and O–H groups in total. The highest BCUT2D eigenvalue weighted by Crippen LogP contribution is 2.22. The third-order valence-electron chi connectivity index (χ3n) is 3.83. The van der Waals surface area contributed by atoms with Crippen molar-refractivity contribution in [3.05, 3.63) is 23.8 Å². The van der Waals surface area contributed by atoms with Crippen molar-refractivity contribution in [1.29, 1.82) is 0 Å². The average Bonchev–Trinajstić information content (AvgIpc) is 2.52. The predicted octanol–water partition coefficient (Wildman–Crippen LogP) is 2.65. The van der Waals surface area contributed by atoms with Crippen molar-refractivity contribution in [2.45, 2.75) is 34.6 Å². The highest BCUT2D eigenvalue weighted by Gasteiger charge is 2.20. The largest absolute Gasteiger partial charge is 0.372 e. The highest BCUT2D eigenvalue weighted by atomic mass is 16.2. The number of benzene rings is 1. The second kappa shape index (κ2) is 8.41. The number of carbonyl (C=O) groups excluding carboxylic acids is 2. The number of likely N-dealkylation sites (N-methyl/N-ethyl adjacent to an activating group) is 1. The van der Waals surface area contributed by atoms with E-state index in [1.165, 1.54) is 4.90 Å². The predicted molar refractivity (Wildman–Crippen MR) is 91.3 cm³/mol. The van der Waals surface area contributed by atoms with E-state index in [1.807, 2.05) is 39.0 Å². The molecule has 0 saturated carbocycles. The van der Waals surface area contributed by atoms with Crippen LogP contribution in [0.5, 0.6) is 0 Å². The lowest BCUT2D eigenvalue weighted by molar-refractivity contribution is -0.142. The van der Waals surface area contributed by atoms with E-state index in [4.69, 9.17) is 0 Å². The van der Waals surface area contributed by atoms with Crippen molar-refractivity contribution >= 4 is 23.2 Å². The quantitative estimate of drug-likeness (QED) is 0.822. The molecule has 0 unspecified atom stereocenters. The Morgan fingerprint density at radius 1 is 1.00 bits per heavy atom. The molecule has 0 saturated heterocycles. The molecular weight excluding hydrogens is 278 g/mol. The third-order valence-corrected chi connectivity index (χ3v) is 3.83. The van der Waals surface area contributed by atoms with Gasteiger partial charge >= 0.3 is 11.8 Å². The van der Waals surface area contributed by atoms with Crippen molar-refractivity contribution in [2.75, 3.05) is 36.4 Å². The molecule has 0 aromatic heterocycles. The van der Waals surface area contributed by atoms with Crippen LogP contribution in [0.3, 0.4) is 0 Å². The summed E-state index contributed by atoms with van der Waals surface area (Å²) >= 11 is 0. The van der Waals surface area contributed by atoms with Gasteiger partial charge in [-0.25, -0.2) is 0 Å². The minimum absolute atomic E-state index is 0.489. The number of rotatable bonds is 6. The number of amides is 2. The summed E-state index contributed by atoms with van der Waals surface area (Å²) in [6.45, 7) is 12.8. The van der Waals surface area contributed by atoms with E-state index in [2.05, 4.69) is 24.1 Å². The Hall–Kier alpha value is -2.04. The molecule has 5 heteroatoms. The first kappa shape index (κ1) is 18.0. The second-order valence-electron chi connectivity index (χ2n) is 5.10. The summed E-state index contributed by atoms with van der Waals surface area (Å²) < 4.78 is 0. The molecule has 122 valence electrons. The van der Waals surface area contributed by atoms with Gasteiger partial charge in [-0.1, -0.05) is 0 Å². The maximum Gasteiger partial charge on any atom is 0.313 e. The standard InChI is InChI=1S/C17H27N3O2/c1-6-19(7-2)14-10-11-15(13(5)12-14)18-16(21)17(22)20(8-3)9-4/h10-12H,6-9H2,1-5H3,(H,18,21). The molecule has 0 spiro atoms. The first-order chi connectivity index (χ1) is 10.5. The Kier molecular flexibility index (Phi) is 6.89. The monoisotopic (exact) mass is 305 g/mol. The lowest BCUT2D eigenvalue weighted by Gasteiger charge is -2.22. The Morgan fingerprint density at radius 3 is 2.05 bits per heavy atom. The summed E-state index contributed by atoms with van der Waals surface area (Å²) in [5.41, 5.74) is 2.75. The maximum atomic E-state index is 12.0. The summed E-state index contributed by atoms with van der Waals surface area (Å²) in [6, 6.07) is 5.86. The van der Waals surface area contributed by atoms with Crippen molar-refractivity contribution in [3.8, 4) is 0 Å². The van der Waals surface area contributed by atoms with Gasteiger partial charge in [0.1, 0.15) is 0 Å². The van der Waals surface area contributed by atoms with Crippen LogP contribution >= 0.6 is 0 Å². The first-order valence-corrected chi connectivity index (χ1v) is 7.94. The van der Waals surface area contributed by atoms with Crippen LogP contribution in [0, 0.1) is 6.92 Å². The van der Waals surface area contributed by atoms with Crippen LogP contribution in [0.2, 0.25) is 0 Å². The summed E-state index contributed by atoms with van der Waals surface area (Å²) in [5, 5.41) is 2.71. The van der Waals surface area contributed by atoms with Crippen LogP contribution < -0.4 is 10.2 Å². The van der Waals surface area contributed by atoms with E-state index < -0.39 is 11.8 Å². The summed E-state index contributed by atoms with van der Waals surface area (Å²) in [7, 11) is 0. The van der Waals surface area contributed by atoms with Gasteiger partial charge in [-0.2, -0.15) is 0 Å². The zero-order valence-electron chi connectivity index (χ0n) is 14.3. The SMILES string of the molecule is CCN(CC)C(=O)C(=O)Nc1ccc(N(CC)CC)cc1C. The van der Waals surface area contributed by atoms with Crippen molar-refractivity contribution < 1.29 is 9.59 Å². The fourth-order valence-corrected chi connectivity index (χ4v) is 2.40. The number of anilines is 2. The van der Waals surface area contributed by atoms with E-state index in [0.717, 1.165) is 24.3 Å². The van der Waals surface area contributed by atoms with Gasteiger partial charge in [-0.15, -0.1) is 0 Å². The van der Waals surface area contributed by atoms with Crippen LogP contribution in [0.15, 0.2) is 18.2 Å². The van der Waals surface area contributed by atoms with Gasteiger partial charge < -0.3 is 15.1 Å². The van der Waals surface area contributed by atoms with Gasteiger partial charge in [0.25, 0.3) is 0 Å². The number of nitrogens with one attached hydrogen (secondary N) is 1. The molecule has 0 aliphatic heterocycles. The zero-order chi connectivity index (χ0) is 16.7. The van der Waals surface area contributed by atoms with Gasteiger partial charge in [-0.3, -0.25) is 9.59 Å². The van der Waals surface area contributed by atoms with E-state index in [-0.39, 0.29) is 0 Å². The summed E-state index contributed by atoms with van der Waals surface area (Å²) in [4.78, 5) is 27.8. The van der Waals surface area contributed by atoms with Crippen LogP contribution in [0.1, 0.15) is 33.3 Å². The van der Waals surface area contributed by atoms with Crippen LogP contribution in [-0.2, 0) is 9.59 Å². The molecule has 0 bridgehead atoms. The van der Waals surface area contributed by atoms with Crippen LogP contribution in [-0.4, -0.2) is 42.9 Å². The number of hydrogen-bond acceptors (Lipinski definition) is 3. The molecule has 0 aliphatic rings. The molecule has 5 nitrogen and oxygen atoms in total. The minimum Gasteiger partial charge on any atom is -0.372 e. The molecule has 0 atom stereocenters. The maximum absolute atomic E-state index is 12.0. The number of nitrogens with zero attached hydrogens (tertiary/aromatic N) is 2. The molecule has 1 rings (SSSR count). The van der Waals surface area contributed by atoms with Gasteiger partial charge in [0.05, 0.1) is 0 Å². The molecule has 22 heavy (non-hydrogen) atoms. The van der Waals surface area contributed by atoms with Crippen molar-refractivity contribution in [3.63, 3.8) is 0 Å². The van der Waals surface area contributed by atoms with Crippen molar-refractivity contribution in [1.82, 2.24) is 4.90 Å². The molecule has 0 fully saturated rings. The summed E-state index contributed by atoms with van der Waals surface area (Å²) in [5.74, 6) is -1.07. The van der Waals surface area contributed by atoms with Crippen LogP contribution in [0.25, 0.3) is 0 Å². The Bertz CT molecular complexity index is 521. The average molecular weight is 305 g/mol. The molecule has 1 aromatic carbocycles. The molecule has 1 aromatic rings. The lowest BCUT2D eigenvalue weighted by atomic mass is 10.1. The normalized spacial score (nSPS) is 10.2. The third kappa shape index (κ3) is 4.23. The van der Waals surface area contributed by atoms with Gasteiger partial charge in [-0.05, 0) is 58.4 Å². The van der Waals surface area contributed by atoms with Gasteiger partial charge in [0.2, 0.25) is 0 Å². The topological polar surface area (TPSA) is 52.7 Å². The van der Waals surface area contributed by atoms with Crippen molar-refractivity contribution in [2.24, 2.45) is 0 Å². The first-order valence-electron chi connectivity index (χ1n) is 7.94. The Balaban J connectivity index is 2.86. The fourth-order valence-electron chi connectivity index (χ4n) is 2.40. The smallest absolute Gasteiger partial charge is 0.313 e. The van der Waals surface area contributed by atoms with E-state index in [9.17, 15) is 9.59 Å². The molecular formula is C17H27N3O2. The Morgan fingerprint density at radius 2 is 1.59 bits per heavy atom. The second-order valence-corrected chi connectivity index (χ2v) is 5.10.